The van der Waals surface area contributed by atoms with Crippen molar-refractivity contribution in [2.45, 2.75) is 0 Å². The minimum Gasteiger partial charge on any atom is -0.463 e. The number of oxazole rings is 1. The Morgan fingerprint density at radius 1 is 1.45 bits per heavy atom. The molecule has 0 atom stereocenters. The fraction of sp³-hybridized carbons (Fsp3) is 0. The van der Waals surface area contributed by atoms with Crippen LogP contribution < -0.4 is 0 Å². The Hall–Kier alpha value is -0.528. The molecular formula is C6H4N3OU-. The summed E-state index contributed by atoms with van der Waals surface area (Å²) in [6.07, 6.45) is 3.16. The summed E-state index contributed by atoms with van der Waals surface area (Å²) in [5, 5.41) is 0. The number of nitrogens with one attached hydrogen (secondary N) is 1. The van der Waals surface area contributed by atoms with E-state index in [0.29, 0.717) is 11.1 Å². The van der Waals surface area contributed by atoms with Crippen molar-refractivity contribution in [3.63, 3.8) is 0 Å². The second kappa shape index (κ2) is 3.25. The van der Waals surface area contributed by atoms with E-state index in [4.69, 9.17) is 10.2 Å². The van der Waals surface area contributed by atoms with E-state index in [1.165, 1.54) is 0 Å². The zero-order valence-electron chi connectivity index (χ0n) is 5.53. The van der Waals surface area contributed by atoms with Crippen LogP contribution in [0, 0.1) is 31.1 Å². The van der Waals surface area contributed by atoms with Crippen LogP contribution in [0.5, 0.6) is 0 Å². The third kappa shape index (κ3) is 1.55. The van der Waals surface area contributed by atoms with E-state index >= 15 is 0 Å². The molecule has 0 radical (unpaired) electrons. The van der Waals surface area contributed by atoms with Gasteiger partial charge in [0.15, 0.2) is 0 Å². The second-order valence-corrected chi connectivity index (χ2v) is 1.86. The first-order chi connectivity index (χ1) is 4.86. The van der Waals surface area contributed by atoms with Gasteiger partial charge in [0.1, 0.15) is 11.6 Å². The van der Waals surface area contributed by atoms with E-state index in [9.17, 15) is 0 Å². The van der Waals surface area contributed by atoms with Crippen molar-refractivity contribution >= 4 is 17.1 Å². The van der Waals surface area contributed by atoms with Crippen LogP contribution in [0.15, 0.2) is 22.9 Å². The zero-order chi connectivity index (χ0) is 6.97. The van der Waals surface area contributed by atoms with Crippen LogP contribution in [0.4, 0.5) is 6.01 Å². The van der Waals surface area contributed by atoms with Gasteiger partial charge in [0, 0.05) is 42.8 Å². The molecule has 54 valence electrons. The molecule has 0 saturated carbocycles. The summed E-state index contributed by atoms with van der Waals surface area (Å²) in [5.74, 6) is 0. The summed E-state index contributed by atoms with van der Waals surface area (Å²) in [5.41, 5.74) is 8.26. The molecule has 2 aromatic rings. The van der Waals surface area contributed by atoms with Gasteiger partial charge in [-0.15, -0.1) is 0 Å². The van der Waals surface area contributed by atoms with Crippen LogP contribution in [-0.4, -0.2) is 9.97 Å². The maximum Gasteiger partial charge on any atom is 0.147 e. The van der Waals surface area contributed by atoms with Crippen molar-refractivity contribution in [1.82, 2.24) is 9.97 Å². The normalized spacial score (nSPS) is 9.45. The molecule has 0 saturated heterocycles. The van der Waals surface area contributed by atoms with Gasteiger partial charge in [-0.3, -0.25) is 4.98 Å². The Morgan fingerprint density at radius 3 is 3.00 bits per heavy atom. The Morgan fingerprint density at radius 2 is 2.27 bits per heavy atom. The van der Waals surface area contributed by atoms with Crippen molar-refractivity contribution in [2.24, 2.45) is 0 Å². The molecule has 4 nitrogen and oxygen atoms in total. The van der Waals surface area contributed by atoms with Crippen LogP contribution in [0.25, 0.3) is 16.8 Å². The van der Waals surface area contributed by atoms with Crippen LogP contribution >= 0.6 is 0 Å². The van der Waals surface area contributed by atoms with E-state index in [1.54, 1.807) is 18.5 Å². The van der Waals surface area contributed by atoms with Gasteiger partial charge >= 0.3 is 0 Å². The minimum atomic E-state index is -0.0667. The molecule has 0 aromatic carbocycles. The third-order valence-electron chi connectivity index (χ3n) is 1.19. The monoisotopic (exact) mass is 372 g/mol. The molecule has 0 unspecified atom stereocenters. The first-order valence-electron chi connectivity index (χ1n) is 2.78. The third-order valence-corrected chi connectivity index (χ3v) is 1.19. The number of pyridine rings is 1. The molecule has 0 amide bonds. The molecule has 0 fully saturated rings. The van der Waals surface area contributed by atoms with Crippen molar-refractivity contribution < 1.29 is 35.5 Å². The molecule has 0 aliphatic heterocycles. The number of hydrogen-bond acceptors (Lipinski definition) is 3. The Bertz CT molecular complexity index is 326. The van der Waals surface area contributed by atoms with Gasteiger partial charge < -0.3 is 15.1 Å². The van der Waals surface area contributed by atoms with E-state index < -0.39 is 0 Å². The number of nitrogens with zero attached hydrogens (tertiary/aromatic N) is 2. The fourth-order valence-electron chi connectivity index (χ4n) is 0.780. The summed E-state index contributed by atoms with van der Waals surface area (Å²) in [7, 11) is 0. The molecule has 5 heteroatoms. The van der Waals surface area contributed by atoms with Gasteiger partial charge in [0.05, 0.1) is 6.20 Å². The average Bonchev–Trinajstić information content (AvgIpc) is 2.27. The van der Waals surface area contributed by atoms with E-state index in [-0.39, 0.29) is 37.1 Å². The fourth-order valence-corrected chi connectivity index (χ4v) is 0.780. The summed E-state index contributed by atoms with van der Waals surface area (Å²) < 4.78 is 4.86. The van der Waals surface area contributed by atoms with Crippen LogP contribution in [0.2, 0.25) is 0 Å². The molecule has 0 aliphatic carbocycles. The molecule has 0 bridgehead atoms. The van der Waals surface area contributed by atoms with Gasteiger partial charge in [-0.05, 0) is 6.07 Å². The predicted octanol–water partition coefficient (Wildman–Crippen LogP) is 1.91. The molecule has 0 spiro atoms. The van der Waals surface area contributed by atoms with Crippen molar-refractivity contribution in [2.75, 3.05) is 0 Å². The summed E-state index contributed by atoms with van der Waals surface area (Å²) in [6.45, 7) is 0. The summed E-state index contributed by atoms with van der Waals surface area (Å²) in [6, 6.07) is 1.64. The van der Waals surface area contributed by atoms with Crippen molar-refractivity contribution in [3.8, 4) is 0 Å². The van der Waals surface area contributed by atoms with Gasteiger partial charge in [-0.1, -0.05) is 0 Å². The van der Waals surface area contributed by atoms with Gasteiger partial charge in [0.25, 0.3) is 0 Å². The molecule has 0 aliphatic rings. The molecule has 2 rings (SSSR count). The number of hydrogen-bond donors (Lipinski definition) is 0. The molecular weight excluding hydrogens is 368 g/mol. The first kappa shape index (κ1) is 8.57. The SMILES string of the molecule is [NH-]c1nc2ccncc2o1.[U]. The molecule has 11 heavy (non-hydrogen) atoms. The number of fused-ring (bicyclic) bond motifs is 1. The Kier molecular flexibility index (Phi) is 2.53. The van der Waals surface area contributed by atoms with Crippen LogP contribution in [-0.2, 0) is 0 Å². The largest absolute Gasteiger partial charge is 0.463 e. The first-order valence-corrected chi connectivity index (χ1v) is 2.78. The predicted molar refractivity (Wildman–Crippen MR) is 35.8 cm³/mol. The van der Waals surface area contributed by atoms with Gasteiger partial charge in [0.2, 0.25) is 0 Å². The molecule has 2 aromatic heterocycles. The smallest absolute Gasteiger partial charge is 0.147 e. The number of rotatable bonds is 0. The van der Waals surface area contributed by atoms with E-state index in [1.807, 2.05) is 0 Å². The Labute approximate surface area is 86.6 Å². The molecule has 1 N–H and O–H groups in total. The Balaban J connectivity index is 0.000000605. The van der Waals surface area contributed by atoms with Gasteiger partial charge in [-0.25, -0.2) is 0 Å². The summed E-state index contributed by atoms with van der Waals surface area (Å²) in [4.78, 5) is 7.58. The van der Waals surface area contributed by atoms with Gasteiger partial charge in [-0.2, -0.15) is 0 Å². The maximum atomic E-state index is 7.02. The summed E-state index contributed by atoms with van der Waals surface area (Å²) >= 11 is 0. The van der Waals surface area contributed by atoms with E-state index in [0.717, 1.165) is 0 Å². The topological polar surface area (TPSA) is 62.7 Å². The maximum absolute atomic E-state index is 7.02. The van der Waals surface area contributed by atoms with Crippen molar-refractivity contribution in [3.05, 3.63) is 24.2 Å². The zero-order valence-corrected chi connectivity index (χ0v) is 9.70. The van der Waals surface area contributed by atoms with Crippen LogP contribution in [0.1, 0.15) is 0 Å². The quantitative estimate of drug-likeness (QED) is 0.710. The van der Waals surface area contributed by atoms with E-state index in [2.05, 4.69) is 9.97 Å². The average molecular weight is 372 g/mol. The standard InChI is InChI=1S/C6H4N3O.U/c7-6-9-4-1-2-8-3-5(4)10-6;/h1-3H,(H-,7,9);/q-1;. The molecule has 2 heterocycles. The van der Waals surface area contributed by atoms with Crippen LogP contribution in [0.3, 0.4) is 0 Å². The number of aromatic nitrogens is 2. The van der Waals surface area contributed by atoms with Crippen molar-refractivity contribution in [1.29, 1.82) is 0 Å². The second-order valence-electron chi connectivity index (χ2n) is 1.86. The minimum absolute atomic E-state index is 0.